The van der Waals surface area contributed by atoms with Gasteiger partial charge in [0.1, 0.15) is 0 Å². The molecule has 3 aliphatic rings. The van der Waals surface area contributed by atoms with Gasteiger partial charge in [-0.2, -0.15) is 0 Å². The Labute approximate surface area is 111 Å². The highest BCUT2D eigenvalue weighted by Crippen LogP contribution is 2.65. The molecular weight excluding hydrogens is 224 g/mol. The van der Waals surface area contributed by atoms with Gasteiger partial charge in [0.25, 0.3) is 0 Å². The van der Waals surface area contributed by atoms with Gasteiger partial charge < -0.3 is 14.9 Å². The lowest BCUT2D eigenvalue weighted by Gasteiger charge is -2.45. The second-order valence-electron chi connectivity index (χ2n) is 7.44. The second-order valence-corrected chi connectivity index (χ2v) is 7.44. The zero-order valence-electron chi connectivity index (χ0n) is 12.2. The van der Waals surface area contributed by atoms with Crippen molar-refractivity contribution in [2.24, 2.45) is 16.7 Å². The molecule has 3 nitrogen and oxygen atoms in total. The van der Waals surface area contributed by atoms with Crippen molar-refractivity contribution < 1.29 is 5.11 Å². The van der Waals surface area contributed by atoms with E-state index in [1.165, 1.54) is 39.0 Å². The fourth-order valence-electron chi connectivity index (χ4n) is 4.82. The van der Waals surface area contributed by atoms with Crippen molar-refractivity contribution in [1.29, 1.82) is 0 Å². The Morgan fingerprint density at radius 3 is 2.33 bits per heavy atom. The Kier molecular flexibility index (Phi) is 3.00. The van der Waals surface area contributed by atoms with Gasteiger partial charge in [-0.15, -0.1) is 0 Å². The highest BCUT2D eigenvalue weighted by atomic mass is 16.3. The first-order valence-electron chi connectivity index (χ1n) is 7.55. The van der Waals surface area contributed by atoms with Crippen LogP contribution < -0.4 is 0 Å². The van der Waals surface area contributed by atoms with Gasteiger partial charge in [-0.3, -0.25) is 0 Å². The lowest BCUT2D eigenvalue weighted by Crippen LogP contribution is -2.53. The maximum absolute atomic E-state index is 10.6. The molecule has 0 amide bonds. The summed E-state index contributed by atoms with van der Waals surface area (Å²) >= 11 is 0. The molecule has 1 saturated heterocycles. The third-order valence-corrected chi connectivity index (χ3v) is 6.49. The molecule has 3 fully saturated rings. The molecule has 104 valence electrons. The maximum atomic E-state index is 10.6. The number of hydrogen-bond acceptors (Lipinski definition) is 3. The molecular formula is C15H28N2O. The zero-order chi connectivity index (χ0) is 13.0. The Morgan fingerprint density at radius 2 is 1.83 bits per heavy atom. The highest BCUT2D eigenvalue weighted by molar-refractivity contribution is 5.13. The summed E-state index contributed by atoms with van der Waals surface area (Å²) in [7, 11) is 2.20. The SMILES string of the molecule is CN1CCN(C[C@]23CC[C@H](C[C@H]2O)C3(C)C)CC1. The molecule has 2 bridgehead atoms. The van der Waals surface area contributed by atoms with E-state index in [4.69, 9.17) is 0 Å². The third-order valence-electron chi connectivity index (χ3n) is 6.49. The van der Waals surface area contributed by atoms with E-state index in [0.717, 1.165) is 18.9 Å². The van der Waals surface area contributed by atoms with Crippen LogP contribution in [0.3, 0.4) is 0 Å². The number of piperazine rings is 1. The molecule has 0 aromatic rings. The molecule has 1 heterocycles. The van der Waals surface area contributed by atoms with Gasteiger partial charge >= 0.3 is 0 Å². The first kappa shape index (κ1) is 12.9. The van der Waals surface area contributed by atoms with Crippen LogP contribution in [0.1, 0.15) is 33.1 Å². The monoisotopic (exact) mass is 252 g/mol. The molecule has 1 aliphatic heterocycles. The first-order chi connectivity index (χ1) is 8.46. The van der Waals surface area contributed by atoms with E-state index in [1.807, 2.05) is 0 Å². The average Bonchev–Trinajstić information content (AvgIpc) is 2.66. The molecule has 18 heavy (non-hydrogen) atoms. The summed E-state index contributed by atoms with van der Waals surface area (Å²) in [5.41, 5.74) is 0.503. The Balaban J connectivity index is 1.74. The number of aliphatic hydroxyl groups is 1. The van der Waals surface area contributed by atoms with Crippen LogP contribution in [-0.2, 0) is 0 Å². The summed E-state index contributed by atoms with van der Waals surface area (Å²) in [5, 5.41) is 10.6. The molecule has 0 unspecified atom stereocenters. The van der Waals surface area contributed by atoms with Gasteiger partial charge in [0.15, 0.2) is 0 Å². The number of fused-ring (bicyclic) bond motifs is 2. The molecule has 0 spiro atoms. The smallest absolute Gasteiger partial charge is 0.0616 e. The zero-order valence-corrected chi connectivity index (χ0v) is 12.2. The summed E-state index contributed by atoms with van der Waals surface area (Å²) in [6.45, 7) is 10.6. The van der Waals surface area contributed by atoms with E-state index in [0.29, 0.717) is 5.41 Å². The lowest BCUT2D eigenvalue weighted by molar-refractivity contribution is -0.0373. The predicted molar refractivity (Wildman–Crippen MR) is 73.5 cm³/mol. The molecule has 0 radical (unpaired) electrons. The van der Waals surface area contributed by atoms with Crippen molar-refractivity contribution in [3.05, 3.63) is 0 Å². The van der Waals surface area contributed by atoms with Crippen LogP contribution in [0.5, 0.6) is 0 Å². The minimum absolute atomic E-state index is 0.0640. The average molecular weight is 252 g/mol. The van der Waals surface area contributed by atoms with E-state index in [9.17, 15) is 5.11 Å². The molecule has 3 rings (SSSR count). The molecule has 0 aromatic carbocycles. The van der Waals surface area contributed by atoms with Crippen molar-refractivity contribution in [3.63, 3.8) is 0 Å². The van der Waals surface area contributed by atoms with Gasteiger partial charge in [0.2, 0.25) is 0 Å². The van der Waals surface area contributed by atoms with Crippen LogP contribution in [0.25, 0.3) is 0 Å². The normalized spacial score (nSPS) is 44.7. The largest absolute Gasteiger partial charge is 0.392 e. The fourth-order valence-corrected chi connectivity index (χ4v) is 4.82. The Morgan fingerprint density at radius 1 is 1.17 bits per heavy atom. The van der Waals surface area contributed by atoms with Crippen molar-refractivity contribution in [2.45, 2.75) is 39.2 Å². The van der Waals surface area contributed by atoms with Gasteiger partial charge in [-0.05, 0) is 37.6 Å². The Hall–Kier alpha value is -0.120. The highest BCUT2D eigenvalue weighted by Gasteiger charge is 2.63. The van der Waals surface area contributed by atoms with Crippen LogP contribution in [0.15, 0.2) is 0 Å². The number of rotatable bonds is 2. The molecule has 0 aromatic heterocycles. The van der Waals surface area contributed by atoms with E-state index >= 15 is 0 Å². The van der Waals surface area contributed by atoms with Gasteiger partial charge in [0, 0.05) is 38.1 Å². The van der Waals surface area contributed by atoms with Crippen molar-refractivity contribution in [1.82, 2.24) is 9.80 Å². The van der Waals surface area contributed by atoms with Gasteiger partial charge in [-0.1, -0.05) is 13.8 Å². The summed E-state index contributed by atoms with van der Waals surface area (Å²) < 4.78 is 0. The van der Waals surface area contributed by atoms with Gasteiger partial charge in [-0.25, -0.2) is 0 Å². The first-order valence-corrected chi connectivity index (χ1v) is 7.55. The number of nitrogens with zero attached hydrogens (tertiary/aromatic N) is 2. The van der Waals surface area contributed by atoms with E-state index in [1.54, 1.807) is 0 Å². The van der Waals surface area contributed by atoms with Crippen molar-refractivity contribution in [2.75, 3.05) is 39.8 Å². The number of hydrogen-bond donors (Lipinski definition) is 1. The minimum atomic E-state index is -0.0640. The van der Waals surface area contributed by atoms with E-state index < -0.39 is 0 Å². The quantitative estimate of drug-likeness (QED) is 0.805. The van der Waals surface area contributed by atoms with Gasteiger partial charge in [0.05, 0.1) is 6.10 Å². The maximum Gasteiger partial charge on any atom is 0.0616 e. The minimum Gasteiger partial charge on any atom is -0.392 e. The van der Waals surface area contributed by atoms with Crippen LogP contribution in [0.4, 0.5) is 0 Å². The van der Waals surface area contributed by atoms with Crippen LogP contribution >= 0.6 is 0 Å². The molecule has 2 aliphatic carbocycles. The topological polar surface area (TPSA) is 26.7 Å². The molecule has 3 atom stereocenters. The van der Waals surface area contributed by atoms with Crippen LogP contribution in [-0.4, -0.2) is 60.8 Å². The van der Waals surface area contributed by atoms with Crippen LogP contribution in [0.2, 0.25) is 0 Å². The third kappa shape index (κ3) is 1.67. The predicted octanol–water partition coefficient (Wildman–Crippen LogP) is 1.42. The number of likely N-dealkylation sites (N-methyl/N-ethyl adjacent to an activating group) is 1. The van der Waals surface area contributed by atoms with E-state index in [-0.39, 0.29) is 11.5 Å². The summed E-state index contributed by atoms with van der Waals surface area (Å²) in [4.78, 5) is 5.00. The fraction of sp³-hybridized carbons (Fsp3) is 1.00. The Bertz CT molecular complexity index is 322. The standard InChI is InChI=1S/C15H28N2O/c1-14(2)12-4-5-15(14,13(18)10-12)11-17-8-6-16(3)7-9-17/h12-13,18H,4-11H2,1-3H3/t12-,13-,15-/m1/s1. The van der Waals surface area contributed by atoms with Crippen molar-refractivity contribution >= 4 is 0 Å². The molecule has 2 saturated carbocycles. The summed E-state index contributed by atoms with van der Waals surface area (Å²) in [5.74, 6) is 0.750. The van der Waals surface area contributed by atoms with Crippen LogP contribution in [0, 0.1) is 16.7 Å². The molecule has 1 N–H and O–H groups in total. The van der Waals surface area contributed by atoms with Crippen molar-refractivity contribution in [3.8, 4) is 0 Å². The summed E-state index contributed by atoms with van der Waals surface area (Å²) in [6, 6.07) is 0. The van der Waals surface area contributed by atoms with E-state index in [2.05, 4.69) is 30.7 Å². The summed E-state index contributed by atoms with van der Waals surface area (Å²) in [6.07, 6.45) is 3.54. The second kappa shape index (κ2) is 4.19. The molecule has 3 heteroatoms. The lowest BCUT2D eigenvalue weighted by atomic mass is 9.68. The number of aliphatic hydroxyl groups excluding tert-OH is 1.